The molecule has 15 heavy (non-hydrogen) atoms. The Bertz CT molecular complexity index is 564. The van der Waals surface area contributed by atoms with E-state index in [9.17, 15) is 4.79 Å². The lowest BCUT2D eigenvalue weighted by Gasteiger charge is -2.00. The summed E-state index contributed by atoms with van der Waals surface area (Å²) in [6, 6.07) is 5.36. The van der Waals surface area contributed by atoms with E-state index in [1.54, 1.807) is 34.5 Å². The Morgan fingerprint density at radius 3 is 3.13 bits per heavy atom. The minimum Gasteiger partial charge on any atom is -0.300 e. The van der Waals surface area contributed by atoms with E-state index in [0.29, 0.717) is 12.1 Å². The Morgan fingerprint density at radius 2 is 2.47 bits per heavy atom. The summed E-state index contributed by atoms with van der Waals surface area (Å²) in [7, 11) is 0. The van der Waals surface area contributed by atoms with E-state index < -0.39 is 0 Å². The molecule has 0 unspecified atom stereocenters. The molecule has 0 aromatic carbocycles. The molecule has 0 amide bonds. The van der Waals surface area contributed by atoms with Crippen LogP contribution in [0.5, 0.6) is 0 Å². The third-order valence-corrected chi connectivity index (χ3v) is 2.62. The number of nitriles is 1. The minimum absolute atomic E-state index is 0.0147. The van der Waals surface area contributed by atoms with E-state index in [1.165, 1.54) is 0 Å². The summed E-state index contributed by atoms with van der Waals surface area (Å²) in [6.45, 7) is 0.415. The Hall–Kier alpha value is -1.93. The Kier molecular flexibility index (Phi) is 2.61. The van der Waals surface area contributed by atoms with Crippen molar-refractivity contribution in [3.63, 3.8) is 0 Å². The Morgan fingerprint density at radius 1 is 1.60 bits per heavy atom. The van der Waals surface area contributed by atoms with Crippen molar-refractivity contribution in [1.82, 2.24) is 9.55 Å². The molecule has 0 aliphatic carbocycles. The molecule has 5 heteroatoms. The zero-order chi connectivity index (χ0) is 10.7. The number of nitrogens with zero attached hydrogens (tertiary/aromatic N) is 3. The van der Waals surface area contributed by atoms with Crippen molar-refractivity contribution in [3.05, 3.63) is 50.8 Å². The second kappa shape index (κ2) is 4.07. The number of pyridine rings is 1. The molecule has 2 rings (SSSR count). The summed E-state index contributed by atoms with van der Waals surface area (Å²) in [5.74, 6) is 0. The fraction of sp³-hybridized carbons (Fsp3) is 0.100. The summed E-state index contributed by atoms with van der Waals surface area (Å²) in [5, 5.41) is 10.4. The van der Waals surface area contributed by atoms with Crippen LogP contribution in [0.25, 0.3) is 0 Å². The molecule has 74 valence electrons. The number of aromatic nitrogens is 2. The van der Waals surface area contributed by atoms with Crippen LogP contribution in [0, 0.1) is 11.3 Å². The number of hydrogen-bond acceptors (Lipinski definition) is 4. The molecule has 2 aromatic rings. The van der Waals surface area contributed by atoms with Gasteiger partial charge in [-0.25, -0.2) is 0 Å². The highest BCUT2D eigenvalue weighted by molar-refractivity contribution is 7.07. The normalized spacial score (nSPS) is 9.80. The maximum atomic E-state index is 11.3. The predicted octanol–water partition coefficient (Wildman–Crippen LogP) is 1.22. The van der Waals surface area contributed by atoms with Gasteiger partial charge in [0.05, 0.1) is 23.9 Å². The smallest absolute Gasteiger partial charge is 0.300 e. The molecule has 0 aliphatic rings. The van der Waals surface area contributed by atoms with Crippen LogP contribution < -0.4 is 4.87 Å². The predicted molar refractivity (Wildman–Crippen MR) is 56.6 cm³/mol. The molecule has 0 atom stereocenters. The van der Waals surface area contributed by atoms with Gasteiger partial charge in [0.15, 0.2) is 0 Å². The first-order valence-corrected chi connectivity index (χ1v) is 5.16. The third-order valence-electron chi connectivity index (χ3n) is 1.92. The van der Waals surface area contributed by atoms with E-state index in [0.717, 1.165) is 17.0 Å². The summed E-state index contributed by atoms with van der Waals surface area (Å²) in [5.41, 5.74) is 1.28. The highest BCUT2D eigenvalue weighted by atomic mass is 32.1. The van der Waals surface area contributed by atoms with Crippen LogP contribution in [-0.4, -0.2) is 9.55 Å². The summed E-state index contributed by atoms with van der Waals surface area (Å²) in [4.78, 5) is 15.3. The van der Waals surface area contributed by atoms with Gasteiger partial charge in [-0.3, -0.25) is 14.3 Å². The third kappa shape index (κ3) is 2.11. The zero-order valence-electron chi connectivity index (χ0n) is 7.75. The standard InChI is InChI=1S/C10H7N3OS/c11-6-8-1-2-12-9(5-8)7-13-3-4-15-10(13)14/h1-5H,7H2. The Labute approximate surface area is 90.1 Å². The van der Waals surface area contributed by atoms with Crippen LogP contribution >= 0.6 is 11.3 Å². The van der Waals surface area contributed by atoms with Gasteiger partial charge in [0.25, 0.3) is 0 Å². The van der Waals surface area contributed by atoms with Gasteiger partial charge in [0.2, 0.25) is 0 Å². The van der Waals surface area contributed by atoms with Crippen molar-refractivity contribution >= 4 is 11.3 Å². The molecule has 0 fully saturated rings. The van der Waals surface area contributed by atoms with Crippen LogP contribution in [0.4, 0.5) is 0 Å². The lowest BCUT2D eigenvalue weighted by atomic mass is 10.2. The van der Waals surface area contributed by atoms with Crippen LogP contribution in [-0.2, 0) is 6.54 Å². The molecule has 0 aliphatic heterocycles. The van der Waals surface area contributed by atoms with Crippen molar-refractivity contribution in [1.29, 1.82) is 5.26 Å². The van der Waals surface area contributed by atoms with E-state index >= 15 is 0 Å². The average Bonchev–Trinajstić information content (AvgIpc) is 2.65. The van der Waals surface area contributed by atoms with Crippen LogP contribution in [0.1, 0.15) is 11.3 Å². The molecule has 2 heterocycles. The first-order valence-electron chi connectivity index (χ1n) is 4.28. The zero-order valence-corrected chi connectivity index (χ0v) is 8.57. The van der Waals surface area contributed by atoms with Crippen LogP contribution in [0.15, 0.2) is 34.7 Å². The molecule has 2 aromatic heterocycles. The van der Waals surface area contributed by atoms with Crippen LogP contribution in [0.2, 0.25) is 0 Å². The summed E-state index contributed by atoms with van der Waals surface area (Å²) >= 11 is 1.15. The fourth-order valence-electron chi connectivity index (χ4n) is 1.22. The molecular formula is C10H7N3OS. The van der Waals surface area contributed by atoms with E-state index in [2.05, 4.69) is 4.98 Å². The molecule has 0 bridgehead atoms. The van der Waals surface area contributed by atoms with Gasteiger partial charge in [-0.1, -0.05) is 11.3 Å². The Balaban J connectivity index is 2.29. The quantitative estimate of drug-likeness (QED) is 0.760. The lowest BCUT2D eigenvalue weighted by molar-refractivity contribution is 0.761. The number of thiazole rings is 1. The van der Waals surface area contributed by atoms with Gasteiger partial charge < -0.3 is 0 Å². The monoisotopic (exact) mass is 217 g/mol. The molecular weight excluding hydrogens is 210 g/mol. The van der Waals surface area contributed by atoms with Gasteiger partial charge in [0, 0.05) is 17.8 Å². The second-order valence-corrected chi connectivity index (χ2v) is 3.80. The largest absolute Gasteiger partial charge is 0.307 e. The van der Waals surface area contributed by atoms with Gasteiger partial charge in [0.1, 0.15) is 0 Å². The highest BCUT2D eigenvalue weighted by Gasteiger charge is 2.00. The van der Waals surface area contributed by atoms with Crippen LogP contribution in [0.3, 0.4) is 0 Å². The maximum absolute atomic E-state index is 11.3. The van der Waals surface area contributed by atoms with Crippen molar-refractivity contribution in [2.75, 3.05) is 0 Å². The van der Waals surface area contributed by atoms with E-state index in [-0.39, 0.29) is 4.87 Å². The van der Waals surface area contributed by atoms with Crippen molar-refractivity contribution in [3.8, 4) is 6.07 Å². The lowest BCUT2D eigenvalue weighted by Crippen LogP contribution is -2.13. The summed E-state index contributed by atoms with van der Waals surface area (Å²) in [6.07, 6.45) is 3.29. The second-order valence-electron chi connectivity index (χ2n) is 2.94. The number of hydrogen-bond donors (Lipinski definition) is 0. The first kappa shape index (κ1) is 9.62. The van der Waals surface area contributed by atoms with Crippen molar-refractivity contribution in [2.45, 2.75) is 6.54 Å². The SMILES string of the molecule is N#Cc1ccnc(Cn2ccsc2=O)c1. The van der Waals surface area contributed by atoms with Crippen molar-refractivity contribution in [2.24, 2.45) is 0 Å². The summed E-state index contributed by atoms with van der Waals surface area (Å²) < 4.78 is 1.56. The topological polar surface area (TPSA) is 58.7 Å². The average molecular weight is 217 g/mol. The maximum Gasteiger partial charge on any atom is 0.307 e. The molecule has 0 N–H and O–H groups in total. The molecule has 0 radical (unpaired) electrons. The van der Waals surface area contributed by atoms with Gasteiger partial charge in [-0.2, -0.15) is 5.26 Å². The van der Waals surface area contributed by atoms with Crippen molar-refractivity contribution < 1.29 is 0 Å². The van der Waals surface area contributed by atoms with E-state index in [4.69, 9.17) is 5.26 Å². The van der Waals surface area contributed by atoms with E-state index in [1.807, 2.05) is 6.07 Å². The highest BCUT2D eigenvalue weighted by Crippen LogP contribution is 2.02. The molecule has 4 nitrogen and oxygen atoms in total. The van der Waals surface area contributed by atoms with Gasteiger partial charge in [-0.15, -0.1) is 0 Å². The first-order chi connectivity index (χ1) is 7.29. The minimum atomic E-state index is -0.0147. The molecule has 0 spiro atoms. The fourth-order valence-corrected chi connectivity index (χ4v) is 1.80. The number of rotatable bonds is 2. The van der Waals surface area contributed by atoms with Gasteiger partial charge in [-0.05, 0) is 12.1 Å². The van der Waals surface area contributed by atoms with Gasteiger partial charge >= 0.3 is 4.87 Å². The molecule has 0 saturated carbocycles. The molecule has 0 saturated heterocycles.